The third-order valence-electron chi connectivity index (χ3n) is 3.16. The largest absolute Gasteiger partial charge is 0.494 e. The molecule has 20 heavy (non-hydrogen) atoms. The van der Waals surface area contributed by atoms with Crippen LogP contribution in [0.3, 0.4) is 0 Å². The highest BCUT2D eigenvalue weighted by molar-refractivity contribution is 7.71. The lowest BCUT2D eigenvalue weighted by Crippen LogP contribution is -1.99. The van der Waals surface area contributed by atoms with Crippen molar-refractivity contribution < 1.29 is 13.5 Å². The van der Waals surface area contributed by atoms with Crippen molar-refractivity contribution in [3.8, 4) is 5.75 Å². The number of rotatable bonds is 3. The maximum atomic E-state index is 13.7. The monoisotopic (exact) mass is 292 g/mol. The van der Waals surface area contributed by atoms with Gasteiger partial charge in [0, 0.05) is 12.1 Å². The topological polar surface area (TPSA) is 43.1 Å². The Bertz CT molecular complexity index is 831. The van der Waals surface area contributed by atoms with E-state index in [1.165, 1.54) is 13.2 Å². The molecule has 104 valence electrons. The molecule has 1 N–H and O–H groups in total. The summed E-state index contributed by atoms with van der Waals surface area (Å²) in [5.74, 6) is 1.41. The maximum Gasteiger partial charge on any atom is 0.178 e. The Labute approximate surface area is 119 Å². The van der Waals surface area contributed by atoms with Gasteiger partial charge in [-0.1, -0.05) is 0 Å². The molecule has 3 aromatic rings. The van der Waals surface area contributed by atoms with Gasteiger partial charge in [-0.2, -0.15) is 0 Å². The molecule has 0 saturated carbocycles. The zero-order chi connectivity index (χ0) is 14.3. The number of methoxy groups -OCH3 is 1. The lowest BCUT2D eigenvalue weighted by Gasteiger charge is -2.05. The fourth-order valence-electron chi connectivity index (χ4n) is 2.20. The molecule has 0 spiro atoms. The Balaban J connectivity index is 2.14. The van der Waals surface area contributed by atoms with Crippen LogP contribution in [0.4, 0.5) is 4.39 Å². The Hall–Kier alpha value is -2.08. The van der Waals surface area contributed by atoms with Crippen molar-refractivity contribution in [2.75, 3.05) is 7.11 Å². The molecule has 2 aromatic heterocycles. The van der Waals surface area contributed by atoms with E-state index < -0.39 is 5.82 Å². The number of aryl methyl sites for hydroxylation is 1. The molecule has 6 heteroatoms. The molecular weight excluding hydrogens is 279 g/mol. The summed E-state index contributed by atoms with van der Waals surface area (Å²) in [6, 6.07) is 6.81. The molecule has 4 nitrogen and oxygen atoms in total. The third-order valence-corrected chi connectivity index (χ3v) is 3.48. The van der Waals surface area contributed by atoms with Crippen molar-refractivity contribution in [3.05, 3.63) is 46.4 Å². The summed E-state index contributed by atoms with van der Waals surface area (Å²) in [5.41, 5.74) is 1.42. The minimum absolute atomic E-state index is 0.191. The molecule has 0 bridgehead atoms. The van der Waals surface area contributed by atoms with Crippen molar-refractivity contribution >= 4 is 23.3 Å². The number of hydrogen-bond acceptors (Lipinski definition) is 3. The number of nitrogens with zero attached hydrogens (tertiary/aromatic N) is 1. The molecule has 0 fully saturated rings. The normalized spacial score (nSPS) is 11.2. The van der Waals surface area contributed by atoms with E-state index in [2.05, 4.69) is 4.98 Å². The smallest absolute Gasteiger partial charge is 0.178 e. The second-order valence-corrected chi connectivity index (χ2v) is 4.92. The number of aromatic amines is 1. The Morgan fingerprint density at radius 2 is 2.20 bits per heavy atom. The van der Waals surface area contributed by atoms with Crippen molar-refractivity contribution in [3.63, 3.8) is 0 Å². The van der Waals surface area contributed by atoms with E-state index in [4.69, 9.17) is 21.4 Å². The summed E-state index contributed by atoms with van der Waals surface area (Å²) in [5, 5.41) is 0. The molecule has 0 amide bonds. The Kier molecular flexibility index (Phi) is 3.10. The number of furan rings is 1. The van der Waals surface area contributed by atoms with Crippen LogP contribution in [0.25, 0.3) is 11.0 Å². The average molecular weight is 292 g/mol. The number of ether oxygens (including phenoxy) is 1. The molecule has 0 aliphatic rings. The van der Waals surface area contributed by atoms with Gasteiger partial charge in [0.2, 0.25) is 0 Å². The molecule has 0 saturated heterocycles. The van der Waals surface area contributed by atoms with Gasteiger partial charge in [0.1, 0.15) is 11.5 Å². The van der Waals surface area contributed by atoms with E-state index in [0.717, 1.165) is 17.0 Å². The molecule has 1 aromatic carbocycles. The Morgan fingerprint density at radius 3 is 2.85 bits per heavy atom. The number of imidazole rings is 1. The van der Waals surface area contributed by atoms with Gasteiger partial charge < -0.3 is 18.7 Å². The van der Waals surface area contributed by atoms with Gasteiger partial charge in [0.05, 0.1) is 24.7 Å². The number of H-pyrrole nitrogens is 1. The van der Waals surface area contributed by atoms with Crippen LogP contribution in [0.1, 0.15) is 11.5 Å². The molecular formula is C14H13FN2O2S. The number of nitrogens with one attached hydrogen (secondary N) is 1. The first kappa shape index (κ1) is 12.9. The van der Waals surface area contributed by atoms with Crippen LogP contribution in [0.2, 0.25) is 0 Å². The SMILES string of the molecule is COc1cc2c(cc1F)[nH]c(=S)n2Cc1ccc(C)o1. The zero-order valence-electron chi connectivity index (χ0n) is 11.1. The van der Waals surface area contributed by atoms with Gasteiger partial charge in [-0.15, -0.1) is 0 Å². The van der Waals surface area contributed by atoms with Gasteiger partial charge in [-0.3, -0.25) is 0 Å². The number of aromatic nitrogens is 2. The van der Waals surface area contributed by atoms with Crippen LogP contribution in [0.15, 0.2) is 28.7 Å². The van der Waals surface area contributed by atoms with Crippen LogP contribution in [-0.4, -0.2) is 16.7 Å². The van der Waals surface area contributed by atoms with Crippen molar-refractivity contribution in [2.24, 2.45) is 0 Å². The first-order valence-corrected chi connectivity index (χ1v) is 6.50. The van der Waals surface area contributed by atoms with Crippen molar-refractivity contribution in [1.82, 2.24) is 9.55 Å². The van der Waals surface area contributed by atoms with Gasteiger partial charge in [-0.25, -0.2) is 4.39 Å². The zero-order valence-corrected chi connectivity index (χ0v) is 11.9. The van der Waals surface area contributed by atoms with Crippen LogP contribution in [0, 0.1) is 17.5 Å². The molecule has 2 heterocycles. The summed E-state index contributed by atoms with van der Waals surface area (Å²) >= 11 is 5.28. The summed E-state index contributed by atoms with van der Waals surface area (Å²) in [4.78, 5) is 2.99. The number of halogens is 1. The average Bonchev–Trinajstić information content (AvgIpc) is 2.94. The second-order valence-electron chi connectivity index (χ2n) is 4.53. The molecule has 0 aliphatic carbocycles. The van der Waals surface area contributed by atoms with Crippen LogP contribution in [0.5, 0.6) is 5.75 Å². The van der Waals surface area contributed by atoms with E-state index in [-0.39, 0.29) is 5.75 Å². The fourth-order valence-corrected chi connectivity index (χ4v) is 2.47. The first-order valence-electron chi connectivity index (χ1n) is 6.10. The van der Waals surface area contributed by atoms with Crippen LogP contribution < -0.4 is 4.74 Å². The highest BCUT2D eigenvalue weighted by Crippen LogP contribution is 2.25. The van der Waals surface area contributed by atoms with Gasteiger partial charge in [0.25, 0.3) is 0 Å². The summed E-state index contributed by atoms with van der Waals surface area (Å²) in [6.07, 6.45) is 0. The highest BCUT2D eigenvalue weighted by Gasteiger charge is 2.12. The molecule has 0 atom stereocenters. The molecule has 3 rings (SSSR count). The maximum absolute atomic E-state index is 13.7. The third kappa shape index (κ3) is 2.12. The standard InChI is InChI=1S/C14H13FN2O2S/c1-8-3-4-9(19-8)7-17-12-6-13(18-2)10(15)5-11(12)16-14(17)20/h3-6H,7H2,1-2H3,(H,16,20). The van der Waals surface area contributed by atoms with Crippen LogP contribution in [-0.2, 0) is 6.54 Å². The molecule has 0 unspecified atom stereocenters. The highest BCUT2D eigenvalue weighted by atomic mass is 32.1. The predicted octanol–water partition coefficient (Wildman–Crippen LogP) is 3.80. The fraction of sp³-hybridized carbons (Fsp3) is 0.214. The summed E-state index contributed by atoms with van der Waals surface area (Å²) in [6.45, 7) is 2.37. The minimum Gasteiger partial charge on any atom is -0.494 e. The van der Waals surface area contributed by atoms with E-state index in [1.54, 1.807) is 6.07 Å². The second kappa shape index (κ2) is 4.79. The van der Waals surface area contributed by atoms with E-state index in [1.807, 2.05) is 23.6 Å². The first-order chi connectivity index (χ1) is 9.58. The van der Waals surface area contributed by atoms with Gasteiger partial charge >= 0.3 is 0 Å². The van der Waals surface area contributed by atoms with Gasteiger partial charge in [0.15, 0.2) is 16.3 Å². The van der Waals surface area contributed by atoms with Crippen molar-refractivity contribution in [1.29, 1.82) is 0 Å². The number of benzene rings is 1. The predicted molar refractivity (Wildman–Crippen MR) is 76.2 cm³/mol. The Morgan fingerprint density at radius 1 is 1.40 bits per heavy atom. The summed E-state index contributed by atoms with van der Waals surface area (Å²) < 4.78 is 26.6. The lowest BCUT2D eigenvalue weighted by molar-refractivity contribution is 0.387. The van der Waals surface area contributed by atoms with Gasteiger partial charge in [-0.05, 0) is 31.3 Å². The number of hydrogen-bond donors (Lipinski definition) is 1. The molecule has 0 radical (unpaired) electrons. The number of fused-ring (bicyclic) bond motifs is 1. The van der Waals surface area contributed by atoms with Crippen LogP contribution >= 0.6 is 12.2 Å². The summed E-state index contributed by atoms with van der Waals surface area (Å²) in [7, 11) is 1.44. The molecule has 0 aliphatic heterocycles. The lowest BCUT2D eigenvalue weighted by atomic mass is 10.3. The quantitative estimate of drug-likeness (QED) is 0.747. The van der Waals surface area contributed by atoms with Crippen molar-refractivity contribution in [2.45, 2.75) is 13.5 Å². The van der Waals surface area contributed by atoms with E-state index >= 15 is 0 Å². The van der Waals surface area contributed by atoms with E-state index in [9.17, 15) is 4.39 Å². The minimum atomic E-state index is -0.419. The van der Waals surface area contributed by atoms with E-state index in [0.29, 0.717) is 16.8 Å².